The minimum Gasteiger partial charge on any atom is -0.497 e. The molecule has 1 aromatic heterocycles. The highest BCUT2D eigenvalue weighted by molar-refractivity contribution is 7.22. The first-order valence-electron chi connectivity index (χ1n) is 9.67. The number of aromatic nitrogens is 1. The standard InChI is InChI=1S/C20H18N4O7S/c1-30-15-4-5-17-18(10-15)32-20(21-17)22(11-16-3-2-6-31-16)19(25)12-7-13(23(26)27)9-14(8-12)24(28)29/h4-5,7-10,16H,2-3,6,11H2,1H3. The number of methoxy groups -OCH3 is 1. The number of benzene rings is 2. The molecule has 1 unspecified atom stereocenters. The summed E-state index contributed by atoms with van der Waals surface area (Å²) in [5.74, 6) is 0.0114. The van der Waals surface area contributed by atoms with Gasteiger partial charge >= 0.3 is 0 Å². The fourth-order valence-corrected chi connectivity index (χ4v) is 4.46. The van der Waals surface area contributed by atoms with Crippen LogP contribution in [0, 0.1) is 20.2 Å². The summed E-state index contributed by atoms with van der Waals surface area (Å²) in [5.41, 5.74) is -0.580. The third kappa shape index (κ3) is 4.36. The largest absolute Gasteiger partial charge is 0.497 e. The Kier molecular flexibility index (Phi) is 5.97. The first-order chi connectivity index (χ1) is 15.4. The highest BCUT2D eigenvalue weighted by Gasteiger charge is 2.29. The number of hydrogen-bond acceptors (Lipinski definition) is 9. The Morgan fingerprint density at radius 1 is 1.22 bits per heavy atom. The highest BCUT2D eigenvalue weighted by Crippen LogP contribution is 2.34. The highest BCUT2D eigenvalue weighted by atomic mass is 32.1. The minimum atomic E-state index is -0.766. The second-order valence-electron chi connectivity index (χ2n) is 7.13. The average Bonchev–Trinajstić information content (AvgIpc) is 3.45. The molecule has 1 amide bonds. The smallest absolute Gasteiger partial charge is 0.277 e. The number of amides is 1. The number of nitrogens with zero attached hydrogens (tertiary/aromatic N) is 4. The van der Waals surface area contributed by atoms with Crippen molar-refractivity contribution in [3.63, 3.8) is 0 Å². The van der Waals surface area contributed by atoms with Crippen LogP contribution < -0.4 is 9.64 Å². The topological polar surface area (TPSA) is 138 Å². The lowest BCUT2D eigenvalue weighted by atomic mass is 10.1. The lowest BCUT2D eigenvalue weighted by Crippen LogP contribution is -2.37. The van der Waals surface area contributed by atoms with Crippen molar-refractivity contribution in [3.05, 3.63) is 62.2 Å². The van der Waals surface area contributed by atoms with E-state index in [0.717, 1.165) is 35.7 Å². The third-order valence-corrected chi connectivity index (χ3v) is 6.08. The van der Waals surface area contributed by atoms with Crippen molar-refractivity contribution in [1.82, 2.24) is 4.98 Å². The average molecular weight is 458 g/mol. The van der Waals surface area contributed by atoms with Crippen molar-refractivity contribution in [1.29, 1.82) is 0 Å². The second kappa shape index (κ2) is 8.85. The summed E-state index contributed by atoms with van der Waals surface area (Å²) < 4.78 is 11.7. The molecule has 0 N–H and O–H groups in total. The molecular weight excluding hydrogens is 440 g/mol. The maximum atomic E-state index is 13.4. The van der Waals surface area contributed by atoms with Gasteiger partial charge in [0.2, 0.25) is 0 Å². The molecule has 1 aliphatic rings. The van der Waals surface area contributed by atoms with E-state index in [1.165, 1.54) is 16.2 Å². The number of nitro benzene ring substituents is 2. The normalized spacial score (nSPS) is 15.6. The molecule has 11 nitrogen and oxygen atoms in total. The molecule has 0 aliphatic carbocycles. The predicted molar refractivity (Wildman–Crippen MR) is 117 cm³/mol. The molecule has 1 aliphatic heterocycles. The van der Waals surface area contributed by atoms with E-state index in [1.54, 1.807) is 25.3 Å². The van der Waals surface area contributed by atoms with Gasteiger partial charge in [0.1, 0.15) is 5.75 Å². The minimum absolute atomic E-state index is 0.166. The Hall–Kier alpha value is -3.64. The van der Waals surface area contributed by atoms with Gasteiger partial charge in [0, 0.05) is 18.7 Å². The van der Waals surface area contributed by atoms with E-state index in [9.17, 15) is 25.0 Å². The summed E-state index contributed by atoms with van der Waals surface area (Å²) in [4.78, 5) is 40.4. The Balaban J connectivity index is 1.77. The molecule has 12 heteroatoms. The van der Waals surface area contributed by atoms with E-state index >= 15 is 0 Å². The van der Waals surface area contributed by atoms with Gasteiger partial charge < -0.3 is 9.47 Å². The van der Waals surface area contributed by atoms with E-state index < -0.39 is 27.1 Å². The molecule has 2 aromatic carbocycles. The number of fused-ring (bicyclic) bond motifs is 1. The van der Waals surface area contributed by atoms with Crippen LogP contribution in [0.2, 0.25) is 0 Å². The van der Waals surface area contributed by atoms with Crippen LogP contribution in [0.3, 0.4) is 0 Å². The zero-order valence-electron chi connectivity index (χ0n) is 16.9. The van der Waals surface area contributed by atoms with Gasteiger partial charge in [0.05, 0.1) is 51.5 Å². The Morgan fingerprint density at radius 3 is 2.53 bits per heavy atom. The van der Waals surface area contributed by atoms with Crippen LogP contribution >= 0.6 is 11.3 Å². The first kappa shape index (κ1) is 21.6. The summed E-state index contributed by atoms with van der Waals surface area (Å²) in [6.07, 6.45) is 1.37. The van der Waals surface area contributed by atoms with Crippen molar-refractivity contribution in [2.45, 2.75) is 18.9 Å². The maximum absolute atomic E-state index is 13.4. The van der Waals surface area contributed by atoms with Crippen LogP contribution in [0.1, 0.15) is 23.2 Å². The van der Waals surface area contributed by atoms with Crippen molar-refractivity contribution < 1.29 is 24.1 Å². The maximum Gasteiger partial charge on any atom is 0.277 e. The van der Waals surface area contributed by atoms with Gasteiger partial charge in [-0.25, -0.2) is 4.98 Å². The fourth-order valence-electron chi connectivity index (χ4n) is 3.46. The zero-order chi connectivity index (χ0) is 22.8. The molecule has 0 radical (unpaired) electrons. The summed E-state index contributed by atoms with van der Waals surface area (Å²) in [7, 11) is 1.55. The molecule has 4 rings (SSSR count). The summed E-state index contributed by atoms with van der Waals surface area (Å²) in [6.45, 7) is 0.748. The second-order valence-corrected chi connectivity index (χ2v) is 8.14. The Morgan fingerprint density at radius 2 is 1.94 bits per heavy atom. The van der Waals surface area contributed by atoms with Gasteiger partial charge in [0.15, 0.2) is 5.13 Å². The number of hydrogen-bond donors (Lipinski definition) is 0. The van der Waals surface area contributed by atoms with Gasteiger partial charge in [-0.2, -0.15) is 0 Å². The molecular formula is C20H18N4O7S. The van der Waals surface area contributed by atoms with E-state index in [2.05, 4.69) is 4.98 Å². The van der Waals surface area contributed by atoms with Crippen molar-refractivity contribution in [2.24, 2.45) is 0 Å². The predicted octanol–water partition coefficient (Wildman–Crippen LogP) is 3.95. The van der Waals surface area contributed by atoms with Crippen LogP contribution in [-0.2, 0) is 4.74 Å². The SMILES string of the molecule is COc1ccc2nc(N(CC3CCCO3)C(=O)c3cc([N+](=O)[O-])cc([N+](=O)[O-])c3)sc2c1. The van der Waals surface area contributed by atoms with E-state index in [1.807, 2.05) is 0 Å². The van der Waals surface area contributed by atoms with Crippen molar-refractivity contribution in [2.75, 3.05) is 25.2 Å². The van der Waals surface area contributed by atoms with Gasteiger partial charge in [-0.1, -0.05) is 11.3 Å². The monoisotopic (exact) mass is 458 g/mol. The van der Waals surface area contributed by atoms with E-state index in [4.69, 9.17) is 9.47 Å². The molecule has 0 saturated carbocycles. The fraction of sp³-hybridized carbons (Fsp3) is 0.300. The molecule has 166 valence electrons. The number of non-ortho nitro benzene ring substituents is 2. The first-order valence-corrected chi connectivity index (χ1v) is 10.5. The molecule has 3 aromatic rings. The quantitative estimate of drug-likeness (QED) is 0.383. The third-order valence-electron chi connectivity index (χ3n) is 5.04. The van der Waals surface area contributed by atoms with Gasteiger partial charge in [-0.15, -0.1) is 0 Å². The van der Waals surface area contributed by atoms with Crippen LogP contribution in [-0.4, -0.2) is 47.1 Å². The number of rotatable bonds is 7. The molecule has 1 saturated heterocycles. The van der Waals surface area contributed by atoms with Crippen LogP contribution in [0.25, 0.3) is 10.2 Å². The van der Waals surface area contributed by atoms with Crippen molar-refractivity contribution in [3.8, 4) is 5.75 Å². The summed E-state index contributed by atoms with van der Waals surface area (Å²) in [6, 6.07) is 8.21. The Labute approximate surface area is 185 Å². The zero-order valence-corrected chi connectivity index (χ0v) is 17.7. The molecule has 1 fully saturated rings. The Bertz CT molecular complexity index is 1170. The lowest BCUT2D eigenvalue weighted by Gasteiger charge is -2.23. The lowest BCUT2D eigenvalue weighted by molar-refractivity contribution is -0.394. The van der Waals surface area contributed by atoms with Crippen LogP contribution in [0.15, 0.2) is 36.4 Å². The van der Waals surface area contributed by atoms with Crippen molar-refractivity contribution >= 4 is 44.0 Å². The number of carbonyl (C=O) groups is 1. The summed E-state index contributed by atoms with van der Waals surface area (Å²) >= 11 is 1.25. The summed E-state index contributed by atoms with van der Waals surface area (Å²) in [5, 5.41) is 22.9. The number of nitro groups is 2. The van der Waals surface area contributed by atoms with Crippen LogP contribution in [0.4, 0.5) is 16.5 Å². The molecule has 1 atom stereocenters. The number of anilines is 1. The number of ether oxygens (including phenoxy) is 2. The van der Waals surface area contributed by atoms with Gasteiger partial charge in [0.25, 0.3) is 17.3 Å². The van der Waals surface area contributed by atoms with Gasteiger partial charge in [-0.3, -0.25) is 29.9 Å². The number of thiazole rings is 1. The number of carbonyl (C=O) groups excluding carboxylic acids is 1. The van der Waals surface area contributed by atoms with E-state index in [0.29, 0.717) is 23.0 Å². The molecule has 2 heterocycles. The molecule has 0 spiro atoms. The van der Waals surface area contributed by atoms with Crippen LogP contribution in [0.5, 0.6) is 5.75 Å². The molecule has 32 heavy (non-hydrogen) atoms. The van der Waals surface area contributed by atoms with Gasteiger partial charge in [-0.05, 0) is 31.0 Å². The van der Waals surface area contributed by atoms with E-state index in [-0.39, 0.29) is 18.2 Å². The molecule has 0 bridgehead atoms.